The largest absolute Gasteiger partial charge is 0.390 e. The van der Waals surface area contributed by atoms with Crippen LogP contribution in [0.15, 0.2) is 48.8 Å². The maximum Gasteiger partial charge on any atom is 0.0916 e. The molecule has 1 aromatic heterocycles. The minimum absolute atomic E-state index is 0.411. The number of hydrogen-bond acceptors (Lipinski definition) is 5. The predicted molar refractivity (Wildman–Crippen MR) is 92.5 cm³/mol. The average Bonchev–Trinajstić information content (AvgIpc) is 3.10. The molecule has 1 aromatic carbocycles. The van der Waals surface area contributed by atoms with E-state index in [0.29, 0.717) is 19.6 Å². The van der Waals surface area contributed by atoms with E-state index >= 15 is 0 Å². The normalized spacial score (nSPS) is 19.2. The smallest absolute Gasteiger partial charge is 0.0916 e. The Balaban J connectivity index is 1.39. The van der Waals surface area contributed by atoms with Gasteiger partial charge in [0, 0.05) is 51.7 Å². The summed E-state index contributed by atoms with van der Waals surface area (Å²) in [5, 5.41) is 24.6. The van der Waals surface area contributed by atoms with Crippen molar-refractivity contribution in [2.24, 2.45) is 0 Å². The number of aromatic nitrogens is 2. The second-order valence-electron chi connectivity index (χ2n) is 6.41. The van der Waals surface area contributed by atoms with Gasteiger partial charge in [-0.05, 0) is 11.6 Å². The minimum atomic E-state index is -0.442. The van der Waals surface area contributed by atoms with Crippen molar-refractivity contribution in [2.45, 2.75) is 18.8 Å². The van der Waals surface area contributed by atoms with E-state index in [4.69, 9.17) is 0 Å². The van der Waals surface area contributed by atoms with Gasteiger partial charge in [0.1, 0.15) is 0 Å². The molecule has 24 heavy (non-hydrogen) atoms. The van der Waals surface area contributed by atoms with E-state index in [9.17, 15) is 10.2 Å². The van der Waals surface area contributed by atoms with E-state index in [2.05, 4.69) is 14.9 Å². The van der Waals surface area contributed by atoms with Gasteiger partial charge in [0.25, 0.3) is 0 Å². The highest BCUT2D eigenvalue weighted by Crippen LogP contribution is 2.15. The van der Waals surface area contributed by atoms with Gasteiger partial charge in [-0.2, -0.15) is 5.10 Å². The summed E-state index contributed by atoms with van der Waals surface area (Å²) in [6.07, 6.45) is 2.74. The number of β-amino-alcohol motifs (C(OH)–C–C–N with tert-alkyl or cyclic N) is 2. The molecule has 0 aliphatic carbocycles. The quantitative estimate of drug-likeness (QED) is 0.778. The van der Waals surface area contributed by atoms with Crippen LogP contribution in [0, 0.1) is 0 Å². The van der Waals surface area contributed by atoms with Gasteiger partial charge >= 0.3 is 0 Å². The van der Waals surface area contributed by atoms with E-state index in [-0.39, 0.29) is 0 Å². The standard InChI is InChI=1S/C18H26N4O2/c23-17(14-22-8-4-7-19-22)13-20-9-11-21(12-10-20)15-18(24)16-5-2-1-3-6-16/h1-8,17-18,23-24H,9-15H2/t17-,18+/m1/s1. The first kappa shape index (κ1) is 17.1. The molecular weight excluding hydrogens is 304 g/mol. The highest BCUT2D eigenvalue weighted by Gasteiger charge is 2.21. The van der Waals surface area contributed by atoms with Crippen LogP contribution in [0.1, 0.15) is 11.7 Å². The molecule has 0 saturated carbocycles. The number of aliphatic hydroxyl groups is 2. The monoisotopic (exact) mass is 330 g/mol. The molecule has 2 atom stereocenters. The summed E-state index contributed by atoms with van der Waals surface area (Å²) in [5.74, 6) is 0. The van der Waals surface area contributed by atoms with Crippen molar-refractivity contribution in [1.29, 1.82) is 0 Å². The summed E-state index contributed by atoms with van der Waals surface area (Å²) >= 11 is 0. The number of piperazine rings is 1. The fourth-order valence-corrected chi connectivity index (χ4v) is 3.16. The van der Waals surface area contributed by atoms with Crippen LogP contribution < -0.4 is 0 Å². The van der Waals surface area contributed by atoms with Crippen molar-refractivity contribution in [1.82, 2.24) is 19.6 Å². The van der Waals surface area contributed by atoms with Gasteiger partial charge in [-0.15, -0.1) is 0 Å². The Kier molecular flexibility index (Phi) is 5.98. The predicted octanol–water partition coefficient (Wildman–Crippen LogP) is 0.595. The molecule has 2 N–H and O–H groups in total. The first-order valence-electron chi connectivity index (χ1n) is 8.54. The van der Waals surface area contributed by atoms with Gasteiger partial charge in [0.2, 0.25) is 0 Å². The van der Waals surface area contributed by atoms with Crippen LogP contribution in [0.4, 0.5) is 0 Å². The zero-order chi connectivity index (χ0) is 16.8. The molecule has 0 radical (unpaired) electrons. The van der Waals surface area contributed by atoms with Gasteiger partial charge in [-0.3, -0.25) is 14.5 Å². The lowest BCUT2D eigenvalue weighted by Crippen LogP contribution is -2.49. The SMILES string of the molecule is O[C@H](CN1CCN(C[C@H](O)c2ccccc2)CC1)Cn1cccn1. The molecule has 3 rings (SSSR count). The lowest BCUT2D eigenvalue weighted by molar-refractivity contribution is 0.0430. The Hall–Kier alpha value is -1.73. The zero-order valence-corrected chi connectivity index (χ0v) is 13.9. The Bertz CT molecular complexity index is 582. The van der Waals surface area contributed by atoms with Crippen LogP contribution in [0.25, 0.3) is 0 Å². The molecule has 6 heteroatoms. The van der Waals surface area contributed by atoms with E-state index in [1.54, 1.807) is 10.9 Å². The lowest BCUT2D eigenvalue weighted by atomic mass is 10.1. The number of rotatable bonds is 7. The first-order chi connectivity index (χ1) is 11.7. The second kappa shape index (κ2) is 8.39. The highest BCUT2D eigenvalue weighted by molar-refractivity contribution is 5.17. The second-order valence-corrected chi connectivity index (χ2v) is 6.41. The fraction of sp³-hybridized carbons (Fsp3) is 0.500. The first-order valence-corrected chi connectivity index (χ1v) is 8.54. The van der Waals surface area contributed by atoms with E-state index < -0.39 is 12.2 Å². The summed E-state index contributed by atoms with van der Waals surface area (Å²) in [6, 6.07) is 11.7. The topological polar surface area (TPSA) is 64.8 Å². The van der Waals surface area contributed by atoms with Crippen LogP contribution >= 0.6 is 0 Å². The number of hydrogen-bond donors (Lipinski definition) is 2. The summed E-state index contributed by atoms with van der Waals surface area (Å²) in [6.45, 7) is 5.51. The molecule has 0 spiro atoms. The molecule has 1 fully saturated rings. The summed E-state index contributed by atoms with van der Waals surface area (Å²) < 4.78 is 1.76. The number of nitrogens with zero attached hydrogens (tertiary/aromatic N) is 4. The highest BCUT2D eigenvalue weighted by atomic mass is 16.3. The Morgan fingerprint density at radius 1 is 0.875 bits per heavy atom. The molecule has 0 amide bonds. The van der Waals surface area contributed by atoms with Crippen molar-refractivity contribution >= 4 is 0 Å². The van der Waals surface area contributed by atoms with Crippen molar-refractivity contribution < 1.29 is 10.2 Å². The molecule has 0 bridgehead atoms. The third-order valence-corrected chi connectivity index (χ3v) is 4.51. The summed E-state index contributed by atoms with van der Waals surface area (Å²) in [7, 11) is 0. The van der Waals surface area contributed by atoms with Gasteiger partial charge < -0.3 is 10.2 Å². The third kappa shape index (κ3) is 4.88. The summed E-state index contributed by atoms with van der Waals surface area (Å²) in [4.78, 5) is 4.56. The van der Waals surface area contributed by atoms with Crippen molar-refractivity contribution in [3.63, 3.8) is 0 Å². The van der Waals surface area contributed by atoms with E-state index in [0.717, 1.165) is 31.7 Å². The Labute approximate surface area is 142 Å². The number of aliphatic hydroxyl groups excluding tert-OH is 2. The van der Waals surface area contributed by atoms with Gasteiger partial charge in [-0.1, -0.05) is 30.3 Å². The maximum atomic E-state index is 10.3. The average molecular weight is 330 g/mol. The number of benzene rings is 1. The molecule has 2 aromatic rings. The van der Waals surface area contributed by atoms with Gasteiger partial charge in [-0.25, -0.2) is 0 Å². The zero-order valence-electron chi connectivity index (χ0n) is 13.9. The minimum Gasteiger partial charge on any atom is -0.390 e. The Morgan fingerprint density at radius 2 is 1.54 bits per heavy atom. The van der Waals surface area contributed by atoms with Crippen molar-refractivity contribution in [3.8, 4) is 0 Å². The van der Waals surface area contributed by atoms with Crippen LogP contribution in [-0.4, -0.2) is 75.2 Å². The van der Waals surface area contributed by atoms with Crippen LogP contribution in [0.5, 0.6) is 0 Å². The third-order valence-electron chi connectivity index (χ3n) is 4.51. The molecule has 6 nitrogen and oxygen atoms in total. The maximum absolute atomic E-state index is 10.3. The van der Waals surface area contributed by atoms with Crippen LogP contribution in [0.3, 0.4) is 0 Å². The van der Waals surface area contributed by atoms with E-state index in [1.807, 2.05) is 42.6 Å². The molecule has 1 aliphatic heterocycles. The van der Waals surface area contributed by atoms with Gasteiger partial charge in [0.05, 0.1) is 18.8 Å². The summed E-state index contributed by atoms with van der Waals surface area (Å²) in [5.41, 5.74) is 0.967. The van der Waals surface area contributed by atoms with Gasteiger partial charge in [0.15, 0.2) is 0 Å². The molecule has 1 aliphatic rings. The van der Waals surface area contributed by atoms with Crippen LogP contribution in [0.2, 0.25) is 0 Å². The molecule has 1 saturated heterocycles. The van der Waals surface area contributed by atoms with E-state index in [1.165, 1.54) is 0 Å². The molecular formula is C18H26N4O2. The molecule has 0 unspecified atom stereocenters. The fourth-order valence-electron chi connectivity index (χ4n) is 3.16. The lowest BCUT2D eigenvalue weighted by Gasteiger charge is -2.36. The van der Waals surface area contributed by atoms with Crippen LogP contribution in [-0.2, 0) is 6.54 Å². The molecule has 130 valence electrons. The molecule has 2 heterocycles. The Morgan fingerprint density at radius 3 is 2.17 bits per heavy atom. The van der Waals surface area contributed by atoms with Crippen molar-refractivity contribution in [2.75, 3.05) is 39.3 Å². The van der Waals surface area contributed by atoms with Crippen molar-refractivity contribution in [3.05, 3.63) is 54.4 Å².